The number of rotatable bonds is 8. The molecule has 5 heteroatoms. The number of nitrogens with one attached hydrogen (secondary N) is 2. The van der Waals surface area contributed by atoms with E-state index in [1.54, 1.807) is 13.1 Å². The van der Waals surface area contributed by atoms with E-state index in [4.69, 9.17) is 0 Å². The first-order chi connectivity index (χ1) is 10.6. The van der Waals surface area contributed by atoms with Gasteiger partial charge in [-0.15, -0.1) is 0 Å². The van der Waals surface area contributed by atoms with E-state index < -0.39 is 0 Å². The van der Waals surface area contributed by atoms with Crippen molar-refractivity contribution in [2.75, 3.05) is 33.7 Å². The summed E-state index contributed by atoms with van der Waals surface area (Å²) in [7, 11) is 3.88. The largest absolute Gasteiger partial charge is 0.356 e. The molecule has 0 saturated heterocycles. The van der Waals surface area contributed by atoms with Crippen LogP contribution in [0.25, 0.3) is 0 Å². The summed E-state index contributed by atoms with van der Waals surface area (Å²) in [4.78, 5) is 6.50. The van der Waals surface area contributed by atoms with E-state index in [1.165, 1.54) is 6.07 Å². The molecule has 1 aromatic carbocycles. The summed E-state index contributed by atoms with van der Waals surface area (Å²) in [5.74, 6) is 0.608. The lowest BCUT2D eigenvalue weighted by Gasteiger charge is -2.24. The van der Waals surface area contributed by atoms with Gasteiger partial charge in [-0.25, -0.2) is 4.39 Å². The molecule has 0 radical (unpaired) electrons. The Labute approximate surface area is 133 Å². The first kappa shape index (κ1) is 18.4. The molecule has 22 heavy (non-hydrogen) atoms. The van der Waals surface area contributed by atoms with Crippen molar-refractivity contribution in [1.29, 1.82) is 0 Å². The summed E-state index contributed by atoms with van der Waals surface area (Å²) < 4.78 is 13.5. The highest BCUT2D eigenvalue weighted by Gasteiger charge is 2.06. The molecule has 0 aliphatic heterocycles. The van der Waals surface area contributed by atoms with Crippen molar-refractivity contribution in [1.82, 2.24) is 15.5 Å². The SMILES string of the molecule is CCC(C)N(C)CCNC(=NC)NCCc1ccccc1F. The molecule has 0 aliphatic carbocycles. The molecule has 0 aliphatic rings. The smallest absolute Gasteiger partial charge is 0.191 e. The molecule has 0 aromatic heterocycles. The summed E-state index contributed by atoms with van der Waals surface area (Å²) in [6, 6.07) is 7.45. The molecule has 0 bridgehead atoms. The van der Waals surface area contributed by atoms with E-state index in [9.17, 15) is 4.39 Å². The third-order valence-electron chi connectivity index (χ3n) is 3.97. The van der Waals surface area contributed by atoms with Gasteiger partial charge in [0, 0.05) is 32.7 Å². The molecule has 1 atom stereocenters. The second-order valence-electron chi connectivity index (χ2n) is 5.51. The van der Waals surface area contributed by atoms with E-state index in [2.05, 4.69) is 41.4 Å². The monoisotopic (exact) mass is 308 g/mol. The Morgan fingerprint density at radius 1 is 1.27 bits per heavy atom. The summed E-state index contributed by atoms with van der Waals surface area (Å²) >= 11 is 0. The molecular weight excluding hydrogens is 279 g/mol. The van der Waals surface area contributed by atoms with Crippen LogP contribution in [-0.2, 0) is 6.42 Å². The summed E-state index contributed by atoms with van der Waals surface area (Å²) in [5, 5.41) is 6.50. The number of hydrogen-bond donors (Lipinski definition) is 2. The maximum Gasteiger partial charge on any atom is 0.191 e. The van der Waals surface area contributed by atoms with Gasteiger partial charge in [0.25, 0.3) is 0 Å². The zero-order chi connectivity index (χ0) is 16.4. The topological polar surface area (TPSA) is 39.7 Å². The Balaban J connectivity index is 2.27. The summed E-state index contributed by atoms with van der Waals surface area (Å²) in [5.41, 5.74) is 0.724. The molecule has 1 unspecified atom stereocenters. The molecule has 1 rings (SSSR count). The zero-order valence-electron chi connectivity index (χ0n) is 14.2. The normalized spacial score (nSPS) is 13.3. The maximum absolute atomic E-state index is 13.5. The number of guanidine groups is 1. The Morgan fingerprint density at radius 2 is 1.95 bits per heavy atom. The van der Waals surface area contributed by atoms with E-state index in [1.807, 2.05) is 12.1 Å². The minimum atomic E-state index is -0.151. The second-order valence-corrected chi connectivity index (χ2v) is 5.51. The molecule has 0 fully saturated rings. The fourth-order valence-corrected chi connectivity index (χ4v) is 2.12. The molecule has 124 valence electrons. The van der Waals surface area contributed by atoms with Gasteiger partial charge in [0.15, 0.2) is 5.96 Å². The van der Waals surface area contributed by atoms with Crippen LogP contribution in [0, 0.1) is 5.82 Å². The lowest BCUT2D eigenvalue weighted by molar-refractivity contribution is 0.255. The highest BCUT2D eigenvalue weighted by atomic mass is 19.1. The van der Waals surface area contributed by atoms with Gasteiger partial charge in [-0.1, -0.05) is 25.1 Å². The van der Waals surface area contributed by atoms with Gasteiger partial charge < -0.3 is 15.5 Å². The van der Waals surface area contributed by atoms with Gasteiger partial charge in [-0.05, 0) is 38.4 Å². The van der Waals surface area contributed by atoms with Gasteiger partial charge in [-0.3, -0.25) is 4.99 Å². The average Bonchev–Trinajstić information content (AvgIpc) is 2.54. The van der Waals surface area contributed by atoms with Crippen LogP contribution in [0.2, 0.25) is 0 Å². The summed E-state index contributed by atoms with van der Waals surface area (Å²) in [6.07, 6.45) is 1.78. The van der Waals surface area contributed by atoms with Crippen molar-refractivity contribution in [2.24, 2.45) is 4.99 Å². The molecule has 0 heterocycles. The van der Waals surface area contributed by atoms with Gasteiger partial charge in [0.1, 0.15) is 5.82 Å². The number of benzene rings is 1. The van der Waals surface area contributed by atoms with Crippen molar-refractivity contribution in [3.05, 3.63) is 35.6 Å². The first-order valence-electron chi connectivity index (χ1n) is 7.96. The van der Waals surface area contributed by atoms with Crippen molar-refractivity contribution < 1.29 is 4.39 Å². The molecule has 0 spiro atoms. The van der Waals surface area contributed by atoms with Gasteiger partial charge in [0.2, 0.25) is 0 Å². The Morgan fingerprint density at radius 3 is 2.59 bits per heavy atom. The number of nitrogens with zero attached hydrogens (tertiary/aromatic N) is 2. The van der Waals surface area contributed by atoms with E-state index in [-0.39, 0.29) is 5.82 Å². The lowest BCUT2D eigenvalue weighted by Crippen LogP contribution is -2.42. The second kappa shape index (κ2) is 10.2. The molecule has 1 aromatic rings. The fraction of sp³-hybridized carbons (Fsp3) is 0.588. The Bertz CT molecular complexity index is 462. The summed E-state index contributed by atoms with van der Waals surface area (Å²) in [6.45, 7) is 6.87. The minimum Gasteiger partial charge on any atom is -0.356 e. The zero-order valence-corrected chi connectivity index (χ0v) is 14.2. The van der Waals surface area contributed by atoms with Gasteiger partial charge in [0.05, 0.1) is 0 Å². The molecule has 4 nitrogen and oxygen atoms in total. The Hall–Kier alpha value is -1.62. The van der Waals surface area contributed by atoms with Crippen LogP contribution >= 0.6 is 0 Å². The number of halogens is 1. The number of hydrogen-bond acceptors (Lipinski definition) is 2. The van der Waals surface area contributed by atoms with Crippen LogP contribution in [0.4, 0.5) is 4.39 Å². The minimum absolute atomic E-state index is 0.151. The third kappa shape index (κ3) is 6.43. The predicted molar refractivity (Wildman–Crippen MR) is 91.9 cm³/mol. The van der Waals surface area contributed by atoms with Gasteiger partial charge in [-0.2, -0.15) is 0 Å². The first-order valence-corrected chi connectivity index (χ1v) is 7.96. The maximum atomic E-state index is 13.5. The van der Waals surface area contributed by atoms with Crippen molar-refractivity contribution >= 4 is 5.96 Å². The van der Waals surface area contributed by atoms with Crippen LogP contribution in [0.5, 0.6) is 0 Å². The van der Waals surface area contributed by atoms with Crippen LogP contribution < -0.4 is 10.6 Å². The highest BCUT2D eigenvalue weighted by Crippen LogP contribution is 2.06. The third-order valence-corrected chi connectivity index (χ3v) is 3.97. The quantitative estimate of drug-likeness (QED) is 0.572. The van der Waals surface area contributed by atoms with E-state index >= 15 is 0 Å². The average molecular weight is 308 g/mol. The molecule has 0 amide bonds. The van der Waals surface area contributed by atoms with Gasteiger partial charge >= 0.3 is 0 Å². The molecular formula is C17H29FN4. The Kier molecular flexibility index (Phi) is 8.51. The predicted octanol–water partition coefficient (Wildman–Crippen LogP) is 2.26. The number of aliphatic imine (C=N–C) groups is 1. The van der Waals surface area contributed by atoms with Crippen molar-refractivity contribution in [2.45, 2.75) is 32.7 Å². The lowest BCUT2D eigenvalue weighted by atomic mass is 10.1. The number of likely N-dealkylation sites (N-methyl/N-ethyl adjacent to an activating group) is 1. The standard InChI is InChI=1S/C17H29FN4/c1-5-14(2)22(4)13-12-21-17(19-3)20-11-10-15-8-6-7-9-16(15)18/h6-9,14H,5,10-13H2,1-4H3,(H2,19,20,21). The molecule has 2 N–H and O–H groups in total. The van der Waals surface area contributed by atoms with Crippen LogP contribution in [-0.4, -0.2) is 50.6 Å². The van der Waals surface area contributed by atoms with Crippen LogP contribution in [0.3, 0.4) is 0 Å². The van der Waals surface area contributed by atoms with E-state index in [0.29, 0.717) is 19.0 Å². The van der Waals surface area contributed by atoms with Crippen molar-refractivity contribution in [3.8, 4) is 0 Å². The van der Waals surface area contributed by atoms with Crippen LogP contribution in [0.15, 0.2) is 29.3 Å². The highest BCUT2D eigenvalue weighted by molar-refractivity contribution is 5.79. The van der Waals surface area contributed by atoms with E-state index in [0.717, 1.165) is 31.0 Å². The van der Waals surface area contributed by atoms with Crippen molar-refractivity contribution in [3.63, 3.8) is 0 Å². The fourth-order valence-electron chi connectivity index (χ4n) is 2.12. The van der Waals surface area contributed by atoms with Crippen LogP contribution in [0.1, 0.15) is 25.8 Å². The molecule has 0 saturated carbocycles.